The molecule has 0 saturated heterocycles. The van der Waals surface area contributed by atoms with Gasteiger partial charge >= 0.3 is 15.6 Å². The van der Waals surface area contributed by atoms with E-state index in [2.05, 4.69) is 4.18 Å². The van der Waals surface area contributed by atoms with Gasteiger partial charge in [-0.15, -0.1) is 0 Å². The summed E-state index contributed by atoms with van der Waals surface area (Å²) in [5.41, 5.74) is -5.38. The zero-order valence-corrected chi connectivity index (χ0v) is 9.60. The summed E-state index contributed by atoms with van der Waals surface area (Å²) in [4.78, 5) is 1.84. The van der Waals surface area contributed by atoms with E-state index in [4.69, 9.17) is 0 Å². The molecule has 8 heteroatoms. The Balaban J connectivity index is 2.83. The fourth-order valence-corrected chi connectivity index (χ4v) is 1.95. The quantitative estimate of drug-likeness (QED) is 0.554. The van der Waals surface area contributed by atoms with Crippen molar-refractivity contribution < 1.29 is 25.8 Å². The summed E-state index contributed by atoms with van der Waals surface area (Å²) in [5, 5.41) is 0. The van der Waals surface area contributed by atoms with E-state index in [1.54, 1.807) is 14.0 Å². The molecule has 0 N–H and O–H groups in total. The van der Waals surface area contributed by atoms with E-state index >= 15 is 0 Å². The second-order valence-electron chi connectivity index (χ2n) is 3.71. The molecule has 1 rings (SSSR count). The average Bonchev–Trinajstić information content (AvgIpc) is 2.08. The lowest BCUT2D eigenvalue weighted by Crippen LogP contribution is -2.33. The minimum atomic E-state index is -5.53. The molecule has 0 aromatic rings. The third-order valence-electron chi connectivity index (χ3n) is 2.16. The average molecular weight is 259 g/mol. The van der Waals surface area contributed by atoms with Crippen LogP contribution in [0.4, 0.5) is 13.2 Å². The van der Waals surface area contributed by atoms with E-state index in [9.17, 15) is 21.6 Å². The van der Waals surface area contributed by atoms with Gasteiger partial charge in [-0.1, -0.05) is 6.92 Å². The van der Waals surface area contributed by atoms with E-state index in [1.165, 1.54) is 6.08 Å². The molecule has 0 radical (unpaired) electrons. The van der Waals surface area contributed by atoms with Crippen molar-refractivity contribution in [2.75, 3.05) is 20.1 Å². The van der Waals surface area contributed by atoms with Crippen LogP contribution in [0.1, 0.15) is 6.92 Å². The summed E-state index contributed by atoms with van der Waals surface area (Å²) in [5.74, 6) is -0.522. The predicted molar refractivity (Wildman–Crippen MR) is 50.8 cm³/mol. The lowest BCUT2D eigenvalue weighted by molar-refractivity contribution is -0.0528. The van der Waals surface area contributed by atoms with Gasteiger partial charge in [0.2, 0.25) is 0 Å². The molecule has 4 nitrogen and oxygen atoms in total. The third-order valence-corrected chi connectivity index (χ3v) is 3.14. The van der Waals surface area contributed by atoms with Crippen molar-refractivity contribution in [1.82, 2.24) is 4.90 Å². The van der Waals surface area contributed by atoms with Crippen LogP contribution in [0.2, 0.25) is 0 Å². The molecule has 0 fully saturated rings. The van der Waals surface area contributed by atoms with Crippen molar-refractivity contribution >= 4 is 10.1 Å². The van der Waals surface area contributed by atoms with Crippen molar-refractivity contribution in [2.45, 2.75) is 12.4 Å². The second-order valence-corrected chi connectivity index (χ2v) is 5.25. The topological polar surface area (TPSA) is 46.6 Å². The normalized spacial score (nSPS) is 24.1. The van der Waals surface area contributed by atoms with Gasteiger partial charge in [0.15, 0.2) is 0 Å². The highest BCUT2D eigenvalue weighted by molar-refractivity contribution is 7.87. The Morgan fingerprint density at radius 1 is 1.50 bits per heavy atom. The van der Waals surface area contributed by atoms with Crippen molar-refractivity contribution in [2.24, 2.45) is 5.92 Å². The van der Waals surface area contributed by atoms with Crippen LogP contribution in [0.15, 0.2) is 11.8 Å². The van der Waals surface area contributed by atoms with Crippen molar-refractivity contribution in [1.29, 1.82) is 0 Å². The summed E-state index contributed by atoms with van der Waals surface area (Å²) < 4.78 is 61.7. The molecule has 1 aliphatic rings. The lowest BCUT2D eigenvalue weighted by atomic mass is 10.1. The van der Waals surface area contributed by atoms with Gasteiger partial charge in [0.1, 0.15) is 5.76 Å². The fraction of sp³-hybridized carbons (Fsp3) is 0.750. The number of likely N-dealkylation sites (N-methyl/N-ethyl adjacent to an activating group) is 1. The monoisotopic (exact) mass is 259 g/mol. The Morgan fingerprint density at radius 2 is 2.06 bits per heavy atom. The Kier molecular flexibility index (Phi) is 3.53. The van der Waals surface area contributed by atoms with Crippen LogP contribution in [-0.4, -0.2) is 39.0 Å². The minimum absolute atomic E-state index is 0.143. The van der Waals surface area contributed by atoms with Gasteiger partial charge in [-0.2, -0.15) is 21.6 Å². The Bertz CT molecular complexity index is 388. The number of hydrogen-bond donors (Lipinski definition) is 0. The highest BCUT2D eigenvalue weighted by atomic mass is 32.2. The largest absolute Gasteiger partial charge is 0.534 e. The number of halogens is 3. The van der Waals surface area contributed by atoms with Gasteiger partial charge in [-0.25, -0.2) is 0 Å². The van der Waals surface area contributed by atoms with Gasteiger partial charge < -0.3 is 9.08 Å². The Hall–Kier alpha value is -0.760. The molecule has 0 bridgehead atoms. The molecular weight excluding hydrogens is 247 g/mol. The Morgan fingerprint density at radius 3 is 2.50 bits per heavy atom. The number of nitrogens with zero attached hydrogens (tertiary/aromatic N) is 1. The van der Waals surface area contributed by atoms with Crippen molar-refractivity contribution in [3.63, 3.8) is 0 Å². The van der Waals surface area contributed by atoms with Crippen LogP contribution in [0.25, 0.3) is 0 Å². The summed E-state index contributed by atoms with van der Waals surface area (Å²) in [6.45, 7) is 2.43. The molecule has 0 aromatic heterocycles. The van der Waals surface area contributed by atoms with Gasteiger partial charge in [-0.3, -0.25) is 0 Å². The first kappa shape index (κ1) is 13.3. The first-order chi connectivity index (χ1) is 7.13. The maximum absolute atomic E-state index is 12.0. The molecule has 1 heterocycles. The van der Waals surface area contributed by atoms with Crippen molar-refractivity contribution in [3.05, 3.63) is 11.8 Å². The van der Waals surface area contributed by atoms with Gasteiger partial charge in [-0.05, 0) is 13.1 Å². The maximum Gasteiger partial charge on any atom is 0.534 e. The molecule has 94 valence electrons. The molecular formula is C8H12F3NO3S. The zero-order chi connectivity index (χ0) is 12.6. The van der Waals surface area contributed by atoms with E-state index in [1.807, 2.05) is 4.90 Å². The highest BCUT2D eigenvalue weighted by Gasteiger charge is 2.49. The molecule has 0 spiro atoms. The van der Waals surface area contributed by atoms with Crippen molar-refractivity contribution in [3.8, 4) is 0 Å². The molecule has 0 aliphatic carbocycles. The SMILES string of the molecule is C[C@H]1CN(C)CC=C1OS(=O)(=O)C(F)(F)F. The molecule has 16 heavy (non-hydrogen) atoms. The van der Waals surface area contributed by atoms with E-state index in [0.29, 0.717) is 13.1 Å². The van der Waals surface area contributed by atoms with Crippen LogP contribution in [0.3, 0.4) is 0 Å². The summed E-state index contributed by atoms with van der Waals surface area (Å²) >= 11 is 0. The van der Waals surface area contributed by atoms with E-state index in [0.717, 1.165) is 0 Å². The molecule has 1 aliphatic heterocycles. The number of hydrogen-bond acceptors (Lipinski definition) is 4. The molecule has 0 aromatic carbocycles. The maximum atomic E-state index is 12.0. The van der Waals surface area contributed by atoms with Gasteiger partial charge in [0.25, 0.3) is 0 Å². The number of alkyl halides is 3. The van der Waals surface area contributed by atoms with Gasteiger partial charge in [0, 0.05) is 19.0 Å². The van der Waals surface area contributed by atoms with Crippen LogP contribution in [-0.2, 0) is 14.3 Å². The smallest absolute Gasteiger partial charge is 0.381 e. The molecule has 0 saturated carbocycles. The fourth-order valence-electron chi connectivity index (χ4n) is 1.37. The predicted octanol–water partition coefficient (Wildman–Crippen LogP) is 1.32. The second kappa shape index (κ2) is 4.25. The summed E-state index contributed by atoms with van der Waals surface area (Å²) in [7, 11) is -3.75. The highest BCUT2D eigenvalue weighted by Crippen LogP contribution is 2.29. The summed E-state index contributed by atoms with van der Waals surface area (Å²) in [6, 6.07) is 0. The first-order valence-corrected chi connectivity index (χ1v) is 5.93. The molecule has 0 amide bonds. The third kappa shape index (κ3) is 2.88. The van der Waals surface area contributed by atoms with Crippen LogP contribution in [0, 0.1) is 5.92 Å². The standard InChI is InChI=1S/C8H12F3NO3S/c1-6-5-12(2)4-3-7(6)15-16(13,14)8(9,10)11/h3,6H,4-5H2,1-2H3/t6-/m0/s1. The molecule has 1 atom stereocenters. The van der Waals surface area contributed by atoms with Crippen LogP contribution < -0.4 is 0 Å². The number of rotatable bonds is 2. The zero-order valence-electron chi connectivity index (χ0n) is 8.78. The summed E-state index contributed by atoms with van der Waals surface area (Å²) in [6.07, 6.45) is 1.34. The van der Waals surface area contributed by atoms with Crippen LogP contribution in [0.5, 0.6) is 0 Å². The first-order valence-electron chi connectivity index (χ1n) is 4.53. The van der Waals surface area contributed by atoms with Gasteiger partial charge in [0.05, 0.1) is 0 Å². The Labute approximate surface area is 91.8 Å². The van der Waals surface area contributed by atoms with E-state index < -0.39 is 15.6 Å². The molecule has 0 unspecified atom stereocenters. The minimum Gasteiger partial charge on any atom is -0.381 e. The lowest BCUT2D eigenvalue weighted by Gasteiger charge is -2.27. The van der Waals surface area contributed by atoms with E-state index in [-0.39, 0.29) is 11.7 Å². The van der Waals surface area contributed by atoms with Crippen LogP contribution >= 0.6 is 0 Å².